The van der Waals surface area contributed by atoms with Crippen molar-refractivity contribution in [2.24, 2.45) is 0 Å². The van der Waals surface area contributed by atoms with E-state index in [0.29, 0.717) is 12.1 Å². The number of fused-ring (bicyclic) bond motifs is 1. The summed E-state index contributed by atoms with van der Waals surface area (Å²) < 4.78 is 5.85. The fourth-order valence-corrected chi connectivity index (χ4v) is 3.13. The SMILES string of the molecule is CCNc1cncc(N2CCOC3CCCC32)c1. The maximum Gasteiger partial charge on any atom is 0.0779 e. The van der Waals surface area contributed by atoms with Crippen molar-refractivity contribution in [3.8, 4) is 0 Å². The average molecular weight is 247 g/mol. The molecule has 0 bridgehead atoms. The van der Waals surface area contributed by atoms with E-state index in [1.54, 1.807) is 0 Å². The zero-order valence-electron chi connectivity index (χ0n) is 10.9. The van der Waals surface area contributed by atoms with Crippen LogP contribution in [0.15, 0.2) is 18.5 Å². The van der Waals surface area contributed by atoms with E-state index in [1.165, 1.54) is 24.9 Å². The van der Waals surface area contributed by atoms with Crippen LogP contribution in [0.5, 0.6) is 0 Å². The van der Waals surface area contributed by atoms with E-state index in [4.69, 9.17) is 4.74 Å². The Balaban J connectivity index is 1.82. The molecule has 1 saturated carbocycles. The van der Waals surface area contributed by atoms with Gasteiger partial charge in [-0.1, -0.05) is 0 Å². The van der Waals surface area contributed by atoms with Crippen molar-refractivity contribution >= 4 is 11.4 Å². The number of aromatic nitrogens is 1. The molecule has 2 aliphatic rings. The third-order valence-electron chi connectivity index (χ3n) is 3.92. The molecule has 2 heterocycles. The van der Waals surface area contributed by atoms with E-state index in [0.717, 1.165) is 25.4 Å². The van der Waals surface area contributed by atoms with E-state index < -0.39 is 0 Å². The van der Waals surface area contributed by atoms with Crippen LogP contribution in [-0.2, 0) is 4.74 Å². The van der Waals surface area contributed by atoms with Gasteiger partial charge in [-0.15, -0.1) is 0 Å². The minimum absolute atomic E-state index is 0.432. The highest BCUT2D eigenvalue weighted by Crippen LogP contribution is 2.33. The van der Waals surface area contributed by atoms with Gasteiger partial charge >= 0.3 is 0 Å². The van der Waals surface area contributed by atoms with Crippen LogP contribution in [0.3, 0.4) is 0 Å². The molecule has 4 nitrogen and oxygen atoms in total. The summed E-state index contributed by atoms with van der Waals surface area (Å²) >= 11 is 0. The maximum atomic E-state index is 5.85. The van der Waals surface area contributed by atoms with Crippen molar-refractivity contribution in [1.82, 2.24) is 4.98 Å². The van der Waals surface area contributed by atoms with E-state index in [9.17, 15) is 0 Å². The molecule has 18 heavy (non-hydrogen) atoms. The zero-order valence-corrected chi connectivity index (χ0v) is 10.9. The molecule has 1 aliphatic heterocycles. The highest BCUT2D eigenvalue weighted by molar-refractivity contribution is 5.56. The average Bonchev–Trinajstić information content (AvgIpc) is 2.87. The molecule has 0 aromatic carbocycles. The molecule has 0 radical (unpaired) electrons. The van der Waals surface area contributed by atoms with Crippen LogP contribution in [-0.4, -0.2) is 36.8 Å². The number of anilines is 2. The molecule has 1 saturated heterocycles. The smallest absolute Gasteiger partial charge is 0.0779 e. The molecule has 2 atom stereocenters. The Kier molecular flexibility index (Phi) is 3.37. The standard InChI is InChI=1S/C14H21N3O/c1-2-16-11-8-12(10-15-9-11)17-6-7-18-14-5-3-4-13(14)17/h8-10,13-14,16H,2-7H2,1H3. The normalized spacial score (nSPS) is 27.1. The van der Waals surface area contributed by atoms with Crippen LogP contribution >= 0.6 is 0 Å². The molecule has 4 heteroatoms. The first-order chi connectivity index (χ1) is 8.88. The van der Waals surface area contributed by atoms with Gasteiger partial charge < -0.3 is 15.0 Å². The van der Waals surface area contributed by atoms with Crippen LogP contribution in [0.1, 0.15) is 26.2 Å². The molecule has 98 valence electrons. The first-order valence-corrected chi connectivity index (χ1v) is 6.95. The van der Waals surface area contributed by atoms with Gasteiger partial charge in [0.2, 0.25) is 0 Å². The Hall–Kier alpha value is -1.29. The molecule has 2 fully saturated rings. The minimum atomic E-state index is 0.432. The molecule has 1 aromatic heterocycles. The van der Waals surface area contributed by atoms with Crippen molar-refractivity contribution in [2.75, 3.05) is 29.9 Å². The van der Waals surface area contributed by atoms with Crippen LogP contribution in [0.2, 0.25) is 0 Å². The number of hydrogen-bond donors (Lipinski definition) is 1. The number of nitrogens with zero attached hydrogens (tertiary/aromatic N) is 2. The highest BCUT2D eigenvalue weighted by Gasteiger charge is 2.36. The van der Waals surface area contributed by atoms with Gasteiger partial charge in [0.1, 0.15) is 0 Å². The lowest BCUT2D eigenvalue weighted by Crippen LogP contribution is -2.48. The predicted molar refractivity (Wildman–Crippen MR) is 73.1 cm³/mol. The van der Waals surface area contributed by atoms with Crippen molar-refractivity contribution in [3.05, 3.63) is 18.5 Å². The summed E-state index contributed by atoms with van der Waals surface area (Å²) in [7, 11) is 0. The highest BCUT2D eigenvalue weighted by atomic mass is 16.5. The second-order valence-electron chi connectivity index (χ2n) is 5.06. The molecule has 1 aromatic rings. The van der Waals surface area contributed by atoms with Gasteiger partial charge in [0.05, 0.1) is 42.5 Å². The minimum Gasteiger partial charge on any atom is -0.384 e. The lowest BCUT2D eigenvalue weighted by molar-refractivity contribution is 0.0256. The lowest BCUT2D eigenvalue weighted by atomic mass is 10.1. The largest absolute Gasteiger partial charge is 0.384 e. The van der Waals surface area contributed by atoms with Gasteiger partial charge in [-0.3, -0.25) is 4.98 Å². The topological polar surface area (TPSA) is 37.4 Å². The number of morpholine rings is 1. The van der Waals surface area contributed by atoms with Gasteiger partial charge in [-0.05, 0) is 32.3 Å². The number of nitrogens with one attached hydrogen (secondary N) is 1. The van der Waals surface area contributed by atoms with Gasteiger partial charge in [0.15, 0.2) is 0 Å². The van der Waals surface area contributed by atoms with Gasteiger partial charge in [-0.25, -0.2) is 0 Å². The van der Waals surface area contributed by atoms with E-state index in [1.807, 2.05) is 12.4 Å². The summed E-state index contributed by atoms with van der Waals surface area (Å²) in [6, 6.07) is 2.76. The van der Waals surface area contributed by atoms with Gasteiger partial charge in [-0.2, -0.15) is 0 Å². The Morgan fingerprint density at radius 3 is 3.28 bits per heavy atom. The second kappa shape index (κ2) is 5.14. The quantitative estimate of drug-likeness (QED) is 0.889. The molecular formula is C14H21N3O. The third-order valence-corrected chi connectivity index (χ3v) is 3.92. The van der Waals surface area contributed by atoms with E-state index in [-0.39, 0.29) is 0 Å². The summed E-state index contributed by atoms with van der Waals surface area (Å²) in [5.41, 5.74) is 2.34. The van der Waals surface area contributed by atoms with E-state index in [2.05, 4.69) is 28.2 Å². The summed E-state index contributed by atoms with van der Waals surface area (Å²) in [5.74, 6) is 0. The Morgan fingerprint density at radius 2 is 2.39 bits per heavy atom. The second-order valence-corrected chi connectivity index (χ2v) is 5.06. The van der Waals surface area contributed by atoms with Crippen LogP contribution in [0, 0.1) is 0 Å². The zero-order chi connectivity index (χ0) is 12.4. The first-order valence-electron chi connectivity index (χ1n) is 6.95. The molecule has 0 spiro atoms. The van der Waals surface area contributed by atoms with Crippen LogP contribution in [0.25, 0.3) is 0 Å². The number of ether oxygens (including phenoxy) is 1. The van der Waals surface area contributed by atoms with Crippen LogP contribution < -0.4 is 10.2 Å². The lowest BCUT2D eigenvalue weighted by Gasteiger charge is -2.39. The fraction of sp³-hybridized carbons (Fsp3) is 0.643. The summed E-state index contributed by atoms with van der Waals surface area (Å²) in [6.45, 7) is 4.86. The monoisotopic (exact) mass is 247 g/mol. The number of pyridine rings is 1. The van der Waals surface area contributed by atoms with Crippen molar-refractivity contribution in [3.63, 3.8) is 0 Å². The Bertz CT molecular complexity index is 410. The summed E-state index contributed by atoms with van der Waals surface area (Å²) in [5, 5.41) is 3.33. The fourth-order valence-electron chi connectivity index (χ4n) is 3.13. The van der Waals surface area contributed by atoms with Crippen molar-refractivity contribution < 1.29 is 4.74 Å². The third kappa shape index (κ3) is 2.17. The van der Waals surface area contributed by atoms with Crippen molar-refractivity contribution in [2.45, 2.75) is 38.3 Å². The van der Waals surface area contributed by atoms with Gasteiger partial charge in [0, 0.05) is 13.1 Å². The number of hydrogen-bond acceptors (Lipinski definition) is 4. The molecule has 3 rings (SSSR count). The van der Waals surface area contributed by atoms with Crippen LogP contribution in [0.4, 0.5) is 11.4 Å². The summed E-state index contributed by atoms with van der Waals surface area (Å²) in [6.07, 6.45) is 8.03. The molecule has 1 aliphatic carbocycles. The number of rotatable bonds is 3. The molecule has 2 unspecified atom stereocenters. The summed E-state index contributed by atoms with van der Waals surface area (Å²) in [4.78, 5) is 6.83. The van der Waals surface area contributed by atoms with E-state index >= 15 is 0 Å². The Labute approximate surface area is 108 Å². The Morgan fingerprint density at radius 1 is 1.44 bits per heavy atom. The maximum absolute atomic E-state index is 5.85. The first kappa shape index (κ1) is 11.8. The molecular weight excluding hydrogens is 226 g/mol. The molecule has 0 amide bonds. The van der Waals surface area contributed by atoms with Crippen molar-refractivity contribution in [1.29, 1.82) is 0 Å². The van der Waals surface area contributed by atoms with Gasteiger partial charge in [0.25, 0.3) is 0 Å². The molecule has 1 N–H and O–H groups in total. The predicted octanol–water partition coefficient (Wildman–Crippen LogP) is 2.27.